The standard InChI is InChI=1S/C11H8BrClFNO2/c1-15(2)11(16)8-3-5-9(14)6(12)4-7(13)10(5)17-8/h3-4H,1-2H3. The number of carbonyl (C=O) groups is 1. The third-order valence-electron chi connectivity index (χ3n) is 2.27. The predicted molar refractivity (Wildman–Crippen MR) is 66.9 cm³/mol. The van der Waals surface area contributed by atoms with Gasteiger partial charge in [0.1, 0.15) is 5.82 Å². The van der Waals surface area contributed by atoms with Gasteiger partial charge >= 0.3 is 0 Å². The van der Waals surface area contributed by atoms with Crippen LogP contribution in [0, 0.1) is 5.82 Å². The highest BCUT2D eigenvalue weighted by molar-refractivity contribution is 9.10. The topological polar surface area (TPSA) is 33.5 Å². The summed E-state index contributed by atoms with van der Waals surface area (Å²) < 4.78 is 19.3. The second-order valence-electron chi connectivity index (χ2n) is 3.71. The van der Waals surface area contributed by atoms with Crippen LogP contribution in [0.2, 0.25) is 5.02 Å². The molecule has 0 bridgehead atoms. The summed E-state index contributed by atoms with van der Waals surface area (Å²) in [5, 5.41) is 0.445. The van der Waals surface area contributed by atoms with Gasteiger partial charge in [0.25, 0.3) is 5.91 Å². The molecule has 0 aliphatic carbocycles. The van der Waals surface area contributed by atoms with E-state index in [4.69, 9.17) is 16.0 Å². The molecule has 2 rings (SSSR count). The third kappa shape index (κ3) is 2.05. The fourth-order valence-corrected chi connectivity index (χ4v) is 2.25. The maximum atomic E-state index is 13.8. The van der Waals surface area contributed by atoms with Gasteiger partial charge in [-0.15, -0.1) is 0 Å². The first-order chi connectivity index (χ1) is 7.91. The molecular weight excluding hydrogens is 312 g/mol. The highest BCUT2D eigenvalue weighted by Gasteiger charge is 2.19. The Labute approximate surface area is 110 Å². The van der Waals surface area contributed by atoms with Crippen LogP contribution in [0.15, 0.2) is 21.0 Å². The molecule has 1 heterocycles. The van der Waals surface area contributed by atoms with Crippen molar-refractivity contribution in [1.29, 1.82) is 0 Å². The lowest BCUT2D eigenvalue weighted by Crippen LogP contribution is -2.20. The zero-order chi connectivity index (χ0) is 12.7. The van der Waals surface area contributed by atoms with Gasteiger partial charge in [-0.1, -0.05) is 11.6 Å². The number of fused-ring (bicyclic) bond motifs is 1. The number of furan rings is 1. The second-order valence-corrected chi connectivity index (χ2v) is 4.97. The summed E-state index contributed by atoms with van der Waals surface area (Å²) >= 11 is 8.96. The number of hydrogen-bond acceptors (Lipinski definition) is 2. The van der Waals surface area contributed by atoms with Crippen molar-refractivity contribution in [3.05, 3.63) is 33.2 Å². The molecule has 0 aliphatic rings. The van der Waals surface area contributed by atoms with Gasteiger partial charge in [0.05, 0.1) is 14.9 Å². The van der Waals surface area contributed by atoms with Crippen molar-refractivity contribution in [2.24, 2.45) is 0 Å². The summed E-state index contributed by atoms with van der Waals surface area (Å²) in [6.07, 6.45) is 0. The summed E-state index contributed by atoms with van der Waals surface area (Å²) in [5.74, 6) is -0.775. The van der Waals surface area contributed by atoms with Gasteiger partial charge in [-0.3, -0.25) is 4.79 Å². The highest BCUT2D eigenvalue weighted by atomic mass is 79.9. The van der Waals surface area contributed by atoms with E-state index in [9.17, 15) is 9.18 Å². The molecule has 2 aromatic rings. The minimum absolute atomic E-state index is 0.0592. The van der Waals surface area contributed by atoms with Crippen LogP contribution in [-0.2, 0) is 0 Å². The van der Waals surface area contributed by atoms with E-state index >= 15 is 0 Å². The molecule has 0 saturated carbocycles. The van der Waals surface area contributed by atoms with E-state index in [0.717, 1.165) is 0 Å². The fourth-order valence-electron chi connectivity index (χ4n) is 1.43. The average molecular weight is 321 g/mol. The van der Waals surface area contributed by atoms with Crippen LogP contribution in [0.1, 0.15) is 10.6 Å². The summed E-state index contributed by atoms with van der Waals surface area (Å²) in [4.78, 5) is 13.0. The maximum absolute atomic E-state index is 13.8. The normalized spacial score (nSPS) is 10.9. The monoisotopic (exact) mass is 319 g/mol. The molecule has 0 atom stereocenters. The van der Waals surface area contributed by atoms with Crippen molar-refractivity contribution in [2.75, 3.05) is 14.1 Å². The van der Waals surface area contributed by atoms with Crippen LogP contribution in [0.4, 0.5) is 4.39 Å². The Bertz CT molecular complexity index is 609. The van der Waals surface area contributed by atoms with Gasteiger partial charge in [-0.2, -0.15) is 0 Å². The molecule has 1 amide bonds. The lowest BCUT2D eigenvalue weighted by atomic mass is 10.2. The SMILES string of the molecule is CN(C)C(=O)c1cc2c(F)c(Br)cc(Cl)c2o1. The van der Waals surface area contributed by atoms with Crippen LogP contribution in [0.25, 0.3) is 11.0 Å². The molecule has 0 aliphatic heterocycles. The Hall–Kier alpha value is -1.07. The van der Waals surface area contributed by atoms with E-state index in [1.165, 1.54) is 17.0 Å². The minimum Gasteiger partial charge on any atom is -0.449 e. The summed E-state index contributed by atoms with van der Waals surface area (Å²) in [6.45, 7) is 0. The number of nitrogens with zero attached hydrogens (tertiary/aromatic N) is 1. The Morgan fingerprint density at radius 3 is 2.71 bits per heavy atom. The van der Waals surface area contributed by atoms with Crippen molar-refractivity contribution < 1.29 is 13.6 Å². The molecule has 6 heteroatoms. The Morgan fingerprint density at radius 1 is 1.47 bits per heavy atom. The molecule has 3 nitrogen and oxygen atoms in total. The quantitative estimate of drug-likeness (QED) is 0.751. The van der Waals surface area contributed by atoms with E-state index in [-0.39, 0.29) is 32.1 Å². The number of benzene rings is 1. The number of hydrogen-bond donors (Lipinski definition) is 0. The Kier molecular flexibility index (Phi) is 3.14. The Morgan fingerprint density at radius 2 is 2.12 bits per heavy atom. The van der Waals surface area contributed by atoms with Gasteiger partial charge in [0.2, 0.25) is 0 Å². The molecule has 90 valence electrons. The lowest BCUT2D eigenvalue weighted by molar-refractivity contribution is 0.0799. The summed E-state index contributed by atoms with van der Waals surface area (Å²) in [5.41, 5.74) is 0.178. The highest BCUT2D eigenvalue weighted by Crippen LogP contribution is 2.33. The van der Waals surface area contributed by atoms with E-state index in [2.05, 4.69) is 15.9 Å². The van der Waals surface area contributed by atoms with Crippen LogP contribution in [0.5, 0.6) is 0 Å². The van der Waals surface area contributed by atoms with Crippen molar-refractivity contribution in [1.82, 2.24) is 4.90 Å². The molecule has 0 saturated heterocycles. The summed E-state index contributed by atoms with van der Waals surface area (Å²) in [6, 6.07) is 2.75. The number of amides is 1. The van der Waals surface area contributed by atoms with E-state index in [1.807, 2.05) is 0 Å². The molecular formula is C11H8BrClFNO2. The molecule has 1 aromatic carbocycles. The molecule has 0 unspecified atom stereocenters. The van der Waals surface area contributed by atoms with Crippen LogP contribution in [-0.4, -0.2) is 24.9 Å². The van der Waals surface area contributed by atoms with Gasteiger partial charge in [-0.05, 0) is 22.0 Å². The Balaban J connectivity index is 2.69. The fraction of sp³-hybridized carbons (Fsp3) is 0.182. The first-order valence-corrected chi connectivity index (χ1v) is 5.87. The van der Waals surface area contributed by atoms with Crippen LogP contribution in [0.3, 0.4) is 0 Å². The molecule has 0 radical (unpaired) electrons. The molecule has 17 heavy (non-hydrogen) atoms. The minimum atomic E-state index is -0.494. The van der Waals surface area contributed by atoms with Crippen molar-refractivity contribution in [3.8, 4) is 0 Å². The van der Waals surface area contributed by atoms with Crippen LogP contribution >= 0.6 is 27.5 Å². The smallest absolute Gasteiger partial charge is 0.289 e. The molecule has 0 spiro atoms. The van der Waals surface area contributed by atoms with Crippen molar-refractivity contribution >= 4 is 44.4 Å². The average Bonchev–Trinajstić information content (AvgIpc) is 2.70. The first kappa shape index (κ1) is 12.4. The zero-order valence-electron chi connectivity index (χ0n) is 9.05. The number of rotatable bonds is 1. The first-order valence-electron chi connectivity index (χ1n) is 4.70. The molecule has 0 N–H and O–H groups in total. The van der Waals surface area contributed by atoms with E-state index < -0.39 is 5.82 Å². The van der Waals surface area contributed by atoms with Crippen molar-refractivity contribution in [3.63, 3.8) is 0 Å². The van der Waals surface area contributed by atoms with Crippen molar-refractivity contribution in [2.45, 2.75) is 0 Å². The van der Waals surface area contributed by atoms with Crippen LogP contribution < -0.4 is 0 Å². The zero-order valence-corrected chi connectivity index (χ0v) is 11.4. The molecule has 0 fully saturated rings. The maximum Gasteiger partial charge on any atom is 0.289 e. The van der Waals surface area contributed by atoms with Gasteiger partial charge in [0, 0.05) is 20.2 Å². The molecule has 1 aromatic heterocycles. The van der Waals surface area contributed by atoms with Gasteiger partial charge in [0.15, 0.2) is 11.3 Å². The van der Waals surface area contributed by atoms with E-state index in [0.29, 0.717) is 0 Å². The summed E-state index contributed by atoms with van der Waals surface area (Å²) in [7, 11) is 3.17. The second kappa shape index (κ2) is 4.31. The number of carbonyl (C=O) groups excluding carboxylic acids is 1. The lowest BCUT2D eigenvalue weighted by Gasteiger charge is -2.06. The largest absolute Gasteiger partial charge is 0.449 e. The third-order valence-corrected chi connectivity index (χ3v) is 3.12. The van der Waals surface area contributed by atoms with Gasteiger partial charge < -0.3 is 9.32 Å². The predicted octanol–water partition coefficient (Wildman–Crippen LogP) is 3.69. The number of halogens is 3. The van der Waals surface area contributed by atoms with E-state index in [1.54, 1.807) is 14.1 Å². The van der Waals surface area contributed by atoms with Gasteiger partial charge in [-0.25, -0.2) is 4.39 Å².